The van der Waals surface area contributed by atoms with Crippen molar-refractivity contribution in [1.29, 1.82) is 0 Å². The molecule has 0 aliphatic carbocycles. The fourth-order valence-electron chi connectivity index (χ4n) is 1.33. The summed E-state index contributed by atoms with van der Waals surface area (Å²) in [5.74, 6) is 1.12. The summed E-state index contributed by atoms with van der Waals surface area (Å²) in [7, 11) is 1.89. The van der Waals surface area contributed by atoms with Crippen LogP contribution in [0.5, 0.6) is 5.75 Å². The largest absolute Gasteiger partial charge is 0.492 e. The van der Waals surface area contributed by atoms with Crippen LogP contribution < -0.4 is 10.1 Å². The van der Waals surface area contributed by atoms with Gasteiger partial charge in [-0.1, -0.05) is 19.1 Å². The highest BCUT2D eigenvalue weighted by Crippen LogP contribution is 2.12. The van der Waals surface area contributed by atoms with Gasteiger partial charge in [0.05, 0.1) is 0 Å². The predicted octanol–water partition coefficient (Wildman–Crippen LogP) is 1.81. The van der Waals surface area contributed by atoms with E-state index in [4.69, 9.17) is 4.74 Å². The molecule has 0 radical (unpaired) electrons. The molecule has 0 spiro atoms. The second kappa shape index (κ2) is 7.01. The number of carbonyl (C=O) groups is 1. The van der Waals surface area contributed by atoms with Crippen LogP contribution in [0, 0.1) is 0 Å². The molecule has 1 N–H and O–H groups in total. The minimum atomic E-state index is 0.267. The first-order valence-electron chi connectivity index (χ1n) is 5.64. The van der Waals surface area contributed by atoms with Crippen LogP contribution >= 0.6 is 0 Å². The molecule has 1 aromatic carbocycles. The van der Waals surface area contributed by atoms with Gasteiger partial charge in [-0.3, -0.25) is 4.79 Å². The van der Waals surface area contributed by atoms with Gasteiger partial charge in [0, 0.05) is 19.4 Å². The highest BCUT2D eigenvalue weighted by Gasteiger charge is 2.01. The molecule has 1 rings (SSSR count). The summed E-state index contributed by atoms with van der Waals surface area (Å²) in [6.07, 6.45) is 1.12. The summed E-state index contributed by atoms with van der Waals surface area (Å²) in [5.41, 5.74) is 1.05. The van der Waals surface area contributed by atoms with Crippen molar-refractivity contribution in [3.8, 4) is 5.75 Å². The molecule has 16 heavy (non-hydrogen) atoms. The fraction of sp³-hybridized carbons (Fsp3) is 0.462. The van der Waals surface area contributed by atoms with Crippen molar-refractivity contribution in [1.82, 2.24) is 5.32 Å². The Labute approximate surface area is 96.8 Å². The summed E-state index contributed by atoms with van der Waals surface area (Å²) in [5, 5.41) is 3.01. The number of Topliss-reactive ketones (excluding diaryl/α,β-unsaturated/α-hetero) is 1. The quantitative estimate of drug-likeness (QED) is 0.714. The summed E-state index contributed by atoms with van der Waals surface area (Å²) in [6, 6.07) is 7.71. The summed E-state index contributed by atoms with van der Waals surface area (Å²) in [4.78, 5) is 11.2. The van der Waals surface area contributed by atoms with Crippen LogP contribution in [-0.4, -0.2) is 26.0 Å². The van der Waals surface area contributed by atoms with E-state index in [1.165, 1.54) is 0 Å². The zero-order valence-electron chi connectivity index (χ0n) is 9.95. The van der Waals surface area contributed by atoms with Gasteiger partial charge in [0.25, 0.3) is 0 Å². The second-order valence-electron chi connectivity index (χ2n) is 3.66. The van der Waals surface area contributed by atoms with Crippen molar-refractivity contribution in [2.24, 2.45) is 0 Å². The van der Waals surface area contributed by atoms with Crippen LogP contribution in [0.3, 0.4) is 0 Å². The molecule has 0 aliphatic rings. The van der Waals surface area contributed by atoms with Crippen LogP contribution in [0.15, 0.2) is 24.3 Å². The lowest BCUT2D eigenvalue weighted by molar-refractivity contribution is -0.118. The highest BCUT2D eigenvalue weighted by molar-refractivity contribution is 5.80. The molecule has 0 bridgehead atoms. The first-order valence-corrected chi connectivity index (χ1v) is 5.64. The fourth-order valence-corrected chi connectivity index (χ4v) is 1.33. The summed E-state index contributed by atoms with van der Waals surface area (Å²) < 4.78 is 5.49. The van der Waals surface area contributed by atoms with Crippen LogP contribution in [0.25, 0.3) is 0 Å². The summed E-state index contributed by atoms with van der Waals surface area (Å²) >= 11 is 0. The van der Waals surface area contributed by atoms with Crippen molar-refractivity contribution in [2.45, 2.75) is 19.8 Å². The Kier molecular flexibility index (Phi) is 5.57. The lowest BCUT2D eigenvalue weighted by Gasteiger charge is -2.06. The summed E-state index contributed by atoms with van der Waals surface area (Å²) in [6.45, 7) is 3.37. The van der Waals surface area contributed by atoms with E-state index >= 15 is 0 Å². The van der Waals surface area contributed by atoms with Gasteiger partial charge in [-0.25, -0.2) is 0 Å². The average Bonchev–Trinajstić information content (AvgIpc) is 2.31. The molecule has 3 heteroatoms. The molecule has 0 atom stereocenters. The van der Waals surface area contributed by atoms with Crippen LogP contribution in [0.4, 0.5) is 0 Å². The molecule has 0 saturated carbocycles. The van der Waals surface area contributed by atoms with E-state index < -0.39 is 0 Å². The Morgan fingerprint density at radius 1 is 1.31 bits per heavy atom. The topological polar surface area (TPSA) is 38.3 Å². The van der Waals surface area contributed by atoms with Crippen molar-refractivity contribution in [3.05, 3.63) is 29.8 Å². The molecule has 0 unspecified atom stereocenters. The van der Waals surface area contributed by atoms with E-state index in [0.29, 0.717) is 19.4 Å². The van der Waals surface area contributed by atoms with Gasteiger partial charge in [0.1, 0.15) is 18.1 Å². The normalized spacial score (nSPS) is 10.1. The zero-order chi connectivity index (χ0) is 11.8. The SMILES string of the molecule is CCC(=O)Cc1ccc(OCCNC)cc1. The van der Waals surface area contributed by atoms with E-state index in [9.17, 15) is 4.79 Å². The third kappa shape index (κ3) is 4.45. The smallest absolute Gasteiger partial charge is 0.136 e. The Morgan fingerprint density at radius 3 is 2.56 bits per heavy atom. The van der Waals surface area contributed by atoms with Crippen molar-refractivity contribution >= 4 is 5.78 Å². The Balaban J connectivity index is 2.44. The third-order valence-corrected chi connectivity index (χ3v) is 2.34. The molecule has 1 aromatic rings. The molecule has 0 fully saturated rings. The number of benzene rings is 1. The number of carbonyl (C=O) groups excluding carboxylic acids is 1. The second-order valence-corrected chi connectivity index (χ2v) is 3.66. The number of nitrogens with one attached hydrogen (secondary N) is 1. The Bertz CT molecular complexity index is 319. The van der Waals surface area contributed by atoms with Gasteiger partial charge >= 0.3 is 0 Å². The maximum absolute atomic E-state index is 11.2. The maximum atomic E-state index is 11.2. The van der Waals surface area contributed by atoms with Gasteiger partial charge in [-0.15, -0.1) is 0 Å². The number of hydrogen-bond donors (Lipinski definition) is 1. The monoisotopic (exact) mass is 221 g/mol. The molecule has 0 saturated heterocycles. The minimum absolute atomic E-state index is 0.267. The van der Waals surface area contributed by atoms with Gasteiger partial charge in [0.15, 0.2) is 0 Å². The van der Waals surface area contributed by atoms with Crippen LogP contribution in [-0.2, 0) is 11.2 Å². The number of likely N-dealkylation sites (N-methyl/N-ethyl adjacent to an activating group) is 1. The van der Waals surface area contributed by atoms with E-state index in [-0.39, 0.29) is 5.78 Å². The van der Waals surface area contributed by atoms with Gasteiger partial charge in [-0.2, -0.15) is 0 Å². The predicted molar refractivity (Wildman–Crippen MR) is 64.9 cm³/mol. The third-order valence-electron chi connectivity index (χ3n) is 2.34. The maximum Gasteiger partial charge on any atom is 0.136 e. The van der Waals surface area contributed by atoms with Crippen LogP contribution in [0.1, 0.15) is 18.9 Å². The van der Waals surface area contributed by atoms with Crippen molar-refractivity contribution in [3.63, 3.8) is 0 Å². The lowest BCUT2D eigenvalue weighted by Crippen LogP contribution is -2.15. The van der Waals surface area contributed by atoms with E-state index in [2.05, 4.69) is 5.32 Å². The standard InChI is InChI=1S/C13H19NO2/c1-3-12(15)10-11-4-6-13(7-5-11)16-9-8-14-2/h4-7,14H,3,8-10H2,1-2H3. The van der Waals surface area contributed by atoms with E-state index in [0.717, 1.165) is 17.9 Å². The molecule has 88 valence electrons. The van der Waals surface area contributed by atoms with Gasteiger partial charge in [0.2, 0.25) is 0 Å². The van der Waals surface area contributed by atoms with Gasteiger partial charge in [-0.05, 0) is 24.7 Å². The minimum Gasteiger partial charge on any atom is -0.492 e. The highest BCUT2D eigenvalue weighted by atomic mass is 16.5. The number of rotatable bonds is 7. The Morgan fingerprint density at radius 2 is 2.00 bits per heavy atom. The van der Waals surface area contributed by atoms with Crippen molar-refractivity contribution < 1.29 is 9.53 Å². The Hall–Kier alpha value is -1.35. The zero-order valence-corrected chi connectivity index (χ0v) is 9.95. The van der Waals surface area contributed by atoms with Crippen molar-refractivity contribution in [2.75, 3.05) is 20.2 Å². The van der Waals surface area contributed by atoms with E-state index in [1.807, 2.05) is 38.2 Å². The van der Waals surface area contributed by atoms with Gasteiger partial charge < -0.3 is 10.1 Å². The first kappa shape index (κ1) is 12.7. The lowest BCUT2D eigenvalue weighted by atomic mass is 10.1. The number of ether oxygens (including phenoxy) is 1. The number of ketones is 1. The average molecular weight is 221 g/mol. The molecule has 3 nitrogen and oxygen atoms in total. The molecule has 0 aliphatic heterocycles. The molecular formula is C13H19NO2. The molecule has 0 aromatic heterocycles. The molecule has 0 heterocycles. The van der Waals surface area contributed by atoms with E-state index in [1.54, 1.807) is 0 Å². The first-order chi connectivity index (χ1) is 7.76. The number of hydrogen-bond acceptors (Lipinski definition) is 3. The molecule has 0 amide bonds. The van der Waals surface area contributed by atoms with Crippen LogP contribution in [0.2, 0.25) is 0 Å². The molecular weight excluding hydrogens is 202 g/mol.